The first-order chi connectivity index (χ1) is 7.92. The molecule has 1 aliphatic rings. The maximum atomic E-state index is 12.0. The van der Waals surface area contributed by atoms with E-state index in [-0.39, 0.29) is 23.4 Å². The number of carboxylic acids is 1. The smallest absolute Gasteiger partial charge is 0.311 e. The van der Waals surface area contributed by atoms with Gasteiger partial charge in [0.1, 0.15) is 0 Å². The maximum Gasteiger partial charge on any atom is 0.311 e. The Labute approximate surface area is 103 Å². The molecule has 0 radical (unpaired) electrons. The van der Waals surface area contributed by atoms with E-state index in [0.717, 1.165) is 0 Å². The fourth-order valence-electron chi connectivity index (χ4n) is 1.89. The summed E-state index contributed by atoms with van der Waals surface area (Å²) in [6.07, 6.45) is 0.447. The van der Waals surface area contributed by atoms with Crippen molar-refractivity contribution in [3.63, 3.8) is 0 Å². The number of nitrogens with zero attached hydrogens (tertiary/aromatic N) is 1. The second-order valence-electron chi connectivity index (χ2n) is 4.45. The Hall–Kier alpha value is -1.49. The predicted octanol–water partition coefficient (Wildman–Crippen LogP) is 1.87. The van der Waals surface area contributed by atoms with Gasteiger partial charge < -0.3 is 14.4 Å². The molecule has 92 valence electrons. The fourth-order valence-corrected chi connectivity index (χ4v) is 2.04. The van der Waals surface area contributed by atoms with Gasteiger partial charge >= 0.3 is 5.97 Å². The summed E-state index contributed by atoms with van der Waals surface area (Å²) in [5.41, 5.74) is -0.869. The van der Waals surface area contributed by atoms with Crippen LogP contribution in [0.4, 0.5) is 0 Å². The minimum absolute atomic E-state index is 0.143. The van der Waals surface area contributed by atoms with E-state index >= 15 is 0 Å². The van der Waals surface area contributed by atoms with Crippen LogP contribution in [0.1, 0.15) is 23.9 Å². The Bertz CT molecular complexity index is 470. The van der Waals surface area contributed by atoms with Gasteiger partial charge in [-0.25, -0.2) is 0 Å². The van der Waals surface area contributed by atoms with Gasteiger partial charge in [0.05, 0.1) is 5.41 Å². The summed E-state index contributed by atoms with van der Waals surface area (Å²) in [4.78, 5) is 24.5. The molecule has 0 bridgehead atoms. The zero-order chi connectivity index (χ0) is 12.6. The van der Waals surface area contributed by atoms with Crippen molar-refractivity contribution in [2.45, 2.75) is 13.3 Å². The van der Waals surface area contributed by atoms with E-state index in [1.165, 1.54) is 17.0 Å². The first kappa shape index (κ1) is 12.0. The molecule has 2 heterocycles. The fraction of sp³-hybridized carbons (Fsp3) is 0.455. The molecule has 1 atom stereocenters. The quantitative estimate of drug-likeness (QED) is 0.878. The largest absolute Gasteiger partial charge is 0.481 e. The molecule has 1 saturated heterocycles. The average molecular weight is 258 g/mol. The van der Waals surface area contributed by atoms with E-state index in [1.807, 2.05) is 0 Å². The summed E-state index contributed by atoms with van der Waals surface area (Å²) in [7, 11) is 0. The summed E-state index contributed by atoms with van der Waals surface area (Å²) in [5.74, 6) is -1.06. The number of aliphatic carboxylic acids is 1. The van der Waals surface area contributed by atoms with Crippen LogP contribution in [0.15, 0.2) is 16.5 Å². The van der Waals surface area contributed by atoms with Crippen LogP contribution in [-0.2, 0) is 4.79 Å². The summed E-state index contributed by atoms with van der Waals surface area (Å²) >= 11 is 5.59. The molecule has 1 aromatic rings. The van der Waals surface area contributed by atoms with E-state index in [9.17, 15) is 9.59 Å². The number of carbonyl (C=O) groups excluding carboxylic acids is 1. The van der Waals surface area contributed by atoms with E-state index in [0.29, 0.717) is 13.0 Å². The van der Waals surface area contributed by atoms with Gasteiger partial charge in [0, 0.05) is 13.1 Å². The molecule has 5 nitrogen and oxygen atoms in total. The normalized spacial score (nSPS) is 24.0. The van der Waals surface area contributed by atoms with Crippen LogP contribution in [0.2, 0.25) is 5.22 Å². The summed E-state index contributed by atoms with van der Waals surface area (Å²) < 4.78 is 5.01. The summed E-state index contributed by atoms with van der Waals surface area (Å²) in [5, 5.41) is 9.21. The molecule has 1 aromatic heterocycles. The third-order valence-electron chi connectivity index (χ3n) is 3.06. The van der Waals surface area contributed by atoms with Crippen LogP contribution in [0.3, 0.4) is 0 Å². The summed E-state index contributed by atoms with van der Waals surface area (Å²) in [6.45, 7) is 2.25. The number of hydrogen-bond acceptors (Lipinski definition) is 3. The van der Waals surface area contributed by atoms with E-state index in [1.54, 1.807) is 6.92 Å². The van der Waals surface area contributed by atoms with Gasteiger partial charge in [-0.2, -0.15) is 0 Å². The lowest BCUT2D eigenvalue weighted by atomic mass is 9.90. The topological polar surface area (TPSA) is 70.8 Å². The Kier molecular flexibility index (Phi) is 2.87. The van der Waals surface area contributed by atoms with Gasteiger partial charge in [-0.05, 0) is 37.1 Å². The highest BCUT2D eigenvalue weighted by atomic mass is 35.5. The minimum Gasteiger partial charge on any atom is -0.481 e. The van der Waals surface area contributed by atoms with Crippen molar-refractivity contribution in [3.05, 3.63) is 23.1 Å². The molecule has 0 spiro atoms. The van der Waals surface area contributed by atoms with Crippen molar-refractivity contribution in [3.8, 4) is 0 Å². The zero-order valence-corrected chi connectivity index (χ0v) is 10.0. The Morgan fingerprint density at radius 3 is 2.71 bits per heavy atom. The third kappa shape index (κ3) is 2.15. The van der Waals surface area contributed by atoms with Crippen LogP contribution < -0.4 is 0 Å². The molecular weight excluding hydrogens is 246 g/mol. The highest BCUT2D eigenvalue weighted by Gasteiger charge is 2.42. The summed E-state index contributed by atoms with van der Waals surface area (Å²) in [6, 6.07) is 2.97. The monoisotopic (exact) mass is 257 g/mol. The van der Waals surface area contributed by atoms with E-state index in [2.05, 4.69) is 0 Å². The Morgan fingerprint density at radius 2 is 2.24 bits per heavy atom. The van der Waals surface area contributed by atoms with Crippen LogP contribution in [0.5, 0.6) is 0 Å². The van der Waals surface area contributed by atoms with Crippen molar-refractivity contribution in [2.24, 2.45) is 5.41 Å². The zero-order valence-electron chi connectivity index (χ0n) is 9.27. The lowest BCUT2D eigenvalue weighted by molar-refractivity contribution is -0.147. The average Bonchev–Trinajstić information content (AvgIpc) is 2.85. The molecule has 2 rings (SSSR count). The molecule has 0 aromatic carbocycles. The second kappa shape index (κ2) is 4.07. The van der Waals surface area contributed by atoms with Gasteiger partial charge in [-0.15, -0.1) is 0 Å². The number of furan rings is 1. The van der Waals surface area contributed by atoms with Gasteiger partial charge in [0.15, 0.2) is 11.0 Å². The minimum atomic E-state index is -0.884. The number of halogens is 1. The molecule has 1 aliphatic heterocycles. The molecule has 1 unspecified atom stereocenters. The van der Waals surface area contributed by atoms with Crippen molar-refractivity contribution < 1.29 is 19.1 Å². The first-order valence-corrected chi connectivity index (χ1v) is 5.58. The standard InChI is InChI=1S/C11H12ClNO4/c1-11(10(15)16)4-5-13(6-11)9(14)7-2-3-8(12)17-7/h2-3H,4-6H2,1H3,(H,15,16). The highest BCUT2D eigenvalue weighted by Crippen LogP contribution is 2.31. The van der Waals surface area contributed by atoms with Crippen LogP contribution in [-0.4, -0.2) is 35.0 Å². The lowest BCUT2D eigenvalue weighted by Gasteiger charge is -2.19. The van der Waals surface area contributed by atoms with Crippen LogP contribution in [0, 0.1) is 5.41 Å². The van der Waals surface area contributed by atoms with Gasteiger partial charge in [0.25, 0.3) is 5.91 Å². The van der Waals surface area contributed by atoms with E-state index < -0.39 is 11.4 Å². The predicted molar refractivity (Wildman–Crippen MR) is 60.0 cm³/mol. The Morgan fingerprint density at radius 1 is 1.53 bits per heavy atom. The molecule has 1 amide bonds. The number of carbonyl (C=O) groups is 2. The van der Waals surface area contributed by atoms with Crippen molar-refractivity contribution in [1.29, 1.82) is 0 Å². The number of hydrogen-bond donors (Lipinski definition) is 1. The first-order valence-electron chi connectivity index (χ1n) is 5.20. The number of rotatable bonds is 2. The van der Waals surface area contributed by atoms with Crippen molar-refractivity contribution >= 4 is 23.5 Å². The molecular formula is C11H12ClNO4. The van der Waals surface area contributed by atoms with Crippen molar-refractivity contribution in [2.75, 3.05) is 13.1 Å². The van der Waals surface area contributed by atoms with Crippen molar-refractivity contribution in [1.82, 2.24) is 4.90 Å². The van der Waals surface area contributed by atoms with E-state index in [4.69, 9.17) is 21.1 Å². The van der Waals surface area contributed by atoms with Gasteiger partial charge in [-0.3, -0.25) is 9.59 Å². The number of carboxylic acid groups (broad SMARTS) is 1. The molecule has 1 fully saturated rings. The lowest BCUT2D eigenvalue weighted by Crippen LogP contribution is -2.34. The maximum absolute atomic E-state index is 12.0. The molecule has 6 heteroatoms. The molecule has 0 aliphatic carbocycles. The number of likely N-dealkylation sites (tertiary alicyclic amines) is 1. The number of amides is 1. The van der Waals surface area contributed by atoms with Gasteiger partial charge in [0.2, 0.25) is 0 Å². The Balaban J connectivity index is 2.11. The highest BCUT2D eigenvalue weighted by molar-refractivity contribution is 6.29. The molecule has 17 heavy (non-hydrogen) atoms. The van der Waals surface area contributed by atoms with Gasteiger partial charge in [-0.1, -0.05) is 0 Å². The van der Waals surface area contributed by atoms with Crippen LogP contribution >= 0.6 is 11.6 Å². The SMILES string of the molecule is CC1(C(=O)O)CCN(C(=O)c2ccc(Cl)o2)C1. The van der Waals surface area contributed by atoms with Crippen LogP contribution in [0.25, 0.3) is 0 Å². The second-order valence-corrected chi connectivity index (χ2v) is 4.82. The third-order valence-corrected chi connectivity index (χ3v) is 3.26. The molecule has 1 N–H and O–H groups in total. The molecule has 0 saturated carbocycles.